The third kappa shape index (κ3) is 2.80. The standard InChI is InChI=1S/C17H15ClN4O/c1-11-8-15(18)20-21-17(11)23-13-9-22(10-13)16-7-6-12-4-2-3-5-14(12)19-16/h2-8,13H,9-10H2,1H3. The Kier molecular flexibility index (Phi) is 3.50. The monoisotopic (exact) mass is 326 g/mol. The van der Waals surface area contributed by atoms with E-state index in [1.807, 2.05) is 31.2 Å². The molecule has 116 valence electrons. The second-order valence-corrected chi connectivity index (χ2v) is 6.05. The van der Waals surface area contributed by atoms with Gasteiger partial charge in [-0.15, -0.1) is 10.2 Å². The number of fused-ring (bicyclic) bond motifs is 1. The lowest BCUT2D eigenvalue weighted by molar-refractivity contribution is 0.157. The zero-order chi connectivity index (χ0) is 15.8. The molecule has 6 heteroatoms. The Bertz CT molecular complexity index is 864. The van der Waals surface area contributed by atoms with Gasteiger partial charge in [-0.1, -0.05) is 29.8 Å². The summed E-state index contributed by atoms with van der Waals surface area (Å²) < 4.78 is 5.87. The minimum absolute atomic E-state index is 0.0949. The van der Waals surface area contributed by atoms with E-state index in [4.69, 9.17) is 21.3 Å². The number of halogens is 1. The Hall–Kier alpha value is -2.40. The number of pyridine rings is 1. The summed E-state index contributed by atoms with van der Waals surface area (Å²) >= 11 is 5.81. The predicted octanol–water partition coefficient (Wildman–Crippen LogP) is 3.25. The molecule has 1 aromatic carbocycles. The van der Waals surface area contributed by atoms with Crippen LogP contribution < -0.4 is 9.64 Å². The molecular weight excluding hydrogens is 312 g/mol. The minimum Gasteiger partial charge on any atom is -0.469 e. The summed E-state index contributed by atoms with van der Waals surface area (Å²) in [5, 5.41) is 9.36. The van der Waals surface area contributed by atoms with E-state index >= 15 is 0 Å². The van der Waals surface area contributed by atoms with Crippen molar-refractivity contribution < 1.29 is 4.74 Å². The highest BCUT2D eigenvalue weighted by Gasteiger charge is 2.30. The fraction of sp³-hybridized carbons (Fsp3) is 0.235. The average molecular weight is 327 g/mol. The molecule has 5 nitrogen and oxygen atoms in total. The first-order valence-corrected chi connectivity index (χ1v) is 7.84. The van der Waals surface area contributed by atoms with Crippen LogP contribution in [-0.4, -0.2) is 34.4 Å². The van der Waals surface area contributed by atoms with Crippen molar-refractivity contribution >= 4 is 28.3 Å². The molecule has 1 fully saturated rings. The molecular formula is C17H15ClN4O. The van der Waals surface area contributed by atoms with Gasteiger partial charge in [0.2, 0.25) is 5.88 Å². The van der Waals surface area contributed by atoms with Gasteiger partial charge < -0.3 is 9.64 Å². The van der Waals surface area contributed by atoms with E-state index < -0.39 is 0 Å². The van der Waals surface area contributed by atoms with Crippen molar-refractivity contribution in [2.45, 2.75) is 13.0 Å². The van der Waals surface area contributed by atoms with Crippen molar-refractivity contribution in [3.63, 3.8) is 0 Å². The third-order valence-electron chi connectivity index (χ3n) is 3.94. The second kappa shape index (κ2) is 5.66. The Morgan fingerprint density at radius 2 is 1.96 bits per heavy atom. The van der Waals surface area contributed by atoms with Crippen LogP contribution in [0.3, 0.4) is 0 Å². The summed E-state index contributed by atoms with van der Waals surface area (Å²) in [6.45, 7) is 3.49. The van der Waals surface area contributed by atoms with Crippen molar-refractivity contribution in [2.75, 3.05) is 18.0 Å². The van der Waals surface area contributed by atoms with Crippen molar-refractivity contribution in [2.24, 2.45) is 0 Å². The number of benzene rings is 1. The van der Waals surface area contributed by atoms with Crippen molar-refractivity contribution in [3.05, 3.63) is 53.2 Å². The quantitative estimate of drug-likeness (QED) is 0.739. The molecule has 23 heavy (non-hydrogen) atoms. The Morgan fingerprint density at radius 1 is 1.13 bits per heavy atom. The number of anilines is 1. The molecule has 0 N–H and O–H groups in total. The molecule has 3 aromatic rings. The van der Waals surface area contributed by atoms with Crippen LogP contribution in [0.25, 0.3) is 10.9 Å². The van der Waals surface area contributed by atoms with Crippen LogP contribution in [0.2, 0.25) is 5.15 Å². The van der Waals surface area contributed by atoms with E-state index in [9.17, 15) is 0 Å². The highest BCUT2D eigenvalue weighted by molar-refractivity contribution is 6.29. The lowest BCUT2D eigenvalue weighted by atomic mass is 10.1. The molecule has 0 saturated carbocycles. The maximum atomic E-state index is 5.87. The van der Waals surface area contributed by atoms with Gasteiger partial charge in [0.15, 0.2) is 5.15 Å². The lowest BCUT2D eigenvalue weighted by Gasteiger charge is -2.39. The second-order valence-electron chi connectivity index (χ2n) is 5.66. The zero-order valence-corrected chi connectivity index (χ0v) is 13.4. The number of aromatic nitrogens is 3. The van der Waals surface area contributed by atoms with Crippen molar-refractivity contribution in [3.8, 4) is 5.88 Å². The first-order valence-electron chi connectivity index (χ1n) is 7.46. The number of rotatable bonds is 3. The molecule has 0 bridgehead atoms. The lowest BCUT2D eigenvalue weighted by Crippen LogP contribution is -2.54. The summed E-state index contributed by atoms with van der Waals surface area (Å²) in [4.78, 5) is 6.88. The molecule has 0 amide bonds. The van der Waals surface area contributed by atoms with E-state index in [1.165, 1.54) is 0 Å². The molecule has 0 spiro atoms. The van der Waals surface area contributed by atoms with Gasteiger partial charge in [0, 0.05) is 10.9 Å². The molecule has 0 aliphatic carbocycles. The van der Waals surface area contributed by atoms with Gasteiger partial charge in [0.25, 0.3) is 0 Å². The molecule has 1 saturated heterocycles. The number of nitrogens with zero attached hydrogens (tertiary/aromatic N) is 4. The summed E-state index contributed by atoms with van der Waals surface area (Å²) in [5.74, 6) is 1.52. The van der Waals surface area contributed by atoms with Gasteiger partial charge in [-0.3, -0.25) is 0 Å². The van der Waals surface area contributed by atoms with Crippen LogP contribution >= 0.6 is 11.6 Å². The fourth-order valence-corrected chi connectivity index (χ4v) is 2.85. The zero-order valence-electron chi connectivity index (χ0n) is 12.6. The number of hydrogen-bond donors (Lipinski definition) is 0. The van der Waals surface area contributed by atoms with Crippen LogP contribution in [0.15, 0.2) is 42.5 Å². The average Bonchev–Trinajstić information content (AvgIpc) is 2.52. The maximum Gasteiger partial charge on any atom is 0.236 e. The van der Waals surface area contributed by atoms with Crippen LogP contribution in [-0.2, 0) is 0 Å². The van der Waals surface area contributed by atoms with Gasteiger partial charge in [0.1, 0.15) is 11.9 Å². The maximum absolute atomic E-state index is 5.87. The Morgan fingerprint density at radius 3 is 2.78 bits per heavy atom. The predicted molar refractivity (Wildman–Crippen MR) is 90.2 cm³/mol. The minimum atomic E-state index is 0.0949. The highest BCUT2D eigenvalue weighted by atomic mass is 35.5. The normalized spacial score (nSPS) is 14.8. The Labute approximate surface area is 138 Å². The molecule has 1 aliphatic heterocycles. The highest BCUT2D eigenvalue weighted by Crippen LogP contribution is 2.25. The van der Waals surface area contributed by atoms with Gasteiger partial charge in [0.05, 0.1) is 18.6 Å². The topological polar surface area (TPSA) is 51.1 Å². The van der Waals surface area contributed by atoms with Crippen LogP contribution in [0, 0.1) is 6.92 Å². The van der Waals surface area contributed by atoms with Crippen LogP contribution in [0.1, 0.15) is 5.56 Å². The number of hydrogen-bond acceptors (Lipinski definition) is 5. The summed E-state index contributed by atoms with van der Waals surface area (Å²) in [7, 11) is 0. The molecule has 0 unspecified atom stereocenters. The van der Waals surface area contributed by atoms with Gasteiger partial charge in [-0.05, 0) is 31.2 Å². The van der Waals surface area contributed by atoms with E-state index in [-0.39, 0.29) is 6.10 Å². The molecule has 0 atom stereocenters. The first-order chi connectivity index (χ1) is 11.2. The van der Waals surface area contributed by atoms with E-state index in [2.05, 4.69) is 27.2 Å². The largest absolute Gasteiger partial charge is 0.469 e. The molecule has 2 aromatic heterocycles. The van der Waals surface area contributed by atoms with Crippen molar-refractivity contribution in [1.29, 1.82) is 0 Å². The third-order valence-corrected chi connectivity index (χ3v) is 4.13. The Balaban J connectivity index is 1.44. The first kappa shape index (κ1) is 14.2. The van der Waals surface area contributed by atoms with Crippen LogP contribution in [0.5, 0.6) is 5.88 Å². The summed E-state index contributed by atoms with van der Waals surface area (Å²) in [6, 6.07) is 14.0. The number of ether oxygens (including phenoxy) is 1. The van der Waals surface area contributed by atoms with E-state index in [1.54, 1.807) is 6.07 Å². The summed E-state index contributed by atoms with van der Waals surface area (Å²) in [6.07, 6.45) is 0.0949. The van der Waals surface area contributed by atoms with Gasteiger partial charge in [-0.25, -0.2) is 4.98 Å². The van der Waals surface area contributed by atoms with E-state index in [0.29, 0.717) is 11.0 Å². The SMILES string of the molecule is Cc1cc(Cl)nnc1OC1CN(c2ccc3ccccc3n2)C1. The van der Waals surface area contributed by atoms with Crippen LogP contribution in [0.4, 0.5) is 5.82 Å². The summed E-state index contributed by atoms with van der Waals surface area (Å²) in [5.41, 5.74) is 1.90. The molecule has 1 aliphatic rings. The van der Waals surface area contributed by atoms with E-state index in [0.717, 1.165) is 35.4 Å². The number of para-hydroxylation sites is 1. The molecule has 0 radical (unpaired) electrons. The van der Waals surface area contributed by atoms with Gasteiger partial charge >= 0.3 is 0 Å². The van der Waals surface area contributed by atoms with Crippen molar-refractivity contribution in [1.82, 2.24) is 15.2 Å². The smallest absolute Gasteiger partial charge is 0.236 e. The number of aryl methyl sites for hydroxylation is 1. The molecule has 3 heterocycles. The van der Waals surface area contributed by atoms with Gasteiger partial charge in [-0.2, -0.15) is 0 Å². The molecule has 4 rings (SSSR count). The fourth-order valence-electron chi connectivity index (χ4n) is 2.65.